The smallest absolute Gasteiger partial charge is 0.380 e. The number of alkyl halides is 3. The van der Waals surface area contributed by atoms with E-state index in [-0.39, 0.29) is 6.04 Å². The Morgan fingerprint density at radius 2 is 1.76 bits per heavy atom. The predicted molar refractivity (Wildman–Crippen MR) is 59.5 cm³/mol. The summed E-state index contributed by atoms with van der Waals surface area (Å²) in [5.41, 5.74) is -1.83. The van der Waals surface area contributed by atoms with E-state index in [0.717, 1.165) is 12.5 Å². The van der Waals surface area contributed by atoms with Gasteiger partial charge in [0.05, 0.1) is 0 Å². The molecule has 96 valence electrons. The Kier molecular flexibility index (Phi) is 4.16. The van der Waals surface area contributed by atoms with Crippen LogP contribution in [0, 0.1) is 0 Å². The molecule has 0 spiro atoms. The van der Waals surface area contributed by atoms with Crippen LogP contribution in [0.1, 0.15) is 25.5 Å². The third kappa shape index (κ3) is 3.71. The van der Waals surface area contributed by atoms with Crippen molar-refractivity contribution in [2.24, 2.45) is 0 Å². The Morgan fingerprint density at radius 1 is 1.24 bits per heavy atom. The Morgan fingerprint density at radius 3 is 2.24 bits per heavy atom. The summed E-state index contributed by atoms with van der Waals surface area (Å²) in [6.45, 7) is 1.98. The topological polar surface area (TPSA) is 32.3 Å². The molecule has 0 bridgehead atoms. The van der Waals surface area contributed by atoms with Crippen molar-refractivity contribution in [3.63, 3.8) is 0 Å². The van der Waals surface area contributed by atoms with E-state index in [1.54, 1.807) is 6.92 Å². The first-order valence-electron chi connectivity index (χ1n) is 5.31. The van der Waals surface area contributed by atoms with Crippen molar-refractivity contribution < 1.29 is 18.3 Å². The average Bonchev–Trinajstić information content (AvgIpc) is 2.25. The minimum absolute atomic E-state index is 0.245. The number of hydrogen-bond acceptors (Lipinski definition) is 2. The van der Waals surface area contributed by atoms with Crippen molar-refractivity contribution in [2.75, 3.05) is 6.54 Å². The fourth-order valence-electron chi connectivity index (χ4n) is 1.31. The minimum atomic E-state index is -4.63. The normalized spacial score (nSPS) is 17.5. The van der Waals surface area contributed by atoms with Crippen LogP contribution in [0.2, 0.25) is 0 Å². The van der Waals surface area contributed by atoms with Gasteiger partial charge in [-0.25, -0.2) is 0 Å². The molecule has 0 unspecified atom stereocenters. The maximum atomic E-state index is 12.4. The van der Waals surface area contributed by atoms with Gasteiger partial charge in [0.25, 0.3) is 0 Å². The molecule has 1 aromatic carbocycles. The van der Waals surface area contributed by atoms with Gasteiger partial charge in [-0.15, -0.1) is 0 Å². The molecule has 2 atom stereocenters. The third-order valence-corrected chi connectivity index (χ3v) is 2.66. The molecule has 17 heavy (non-hydrogen) atoms. The highest BCUT2D eigenvalue weighted by Gasteiger charge is 2.49. The summed E-state index contributed by atoms with van der Waals surface area (Å²) < 4.78 is 37.2. The molecular weight excluding hydrogens is 231 g/mol. The fourth-order valence-corrected chi connectivity index (χ4v) is 1.31. The maximum Gasteiger partial charge on any atom is 0.418 e. The van der Waals surface area contributed by atoms with Crippen molar-refractivity contribution in [3.05, 3.63) is 35.9 Å². The quantitative estimate of drug-likeness (QED) is 0.857. The molecular formula is C12H16F3NO. The first-order chi connectivity index (χ1) is 7.74. The largest absolute Gasteiger partial charge is 0.418 e. The van der Waals surface area contributed by atoms with Crippen LogP contribution in [0.15, 0.2) is 30.3 Å². The van der Waals surface area contributed by atoms with E-state index in [4.69, 9.17) is 0 Å². The lowest BCUT2D eigenvalue weighted by atomic mass is 10.0. The molecule has 5 heteroatoms. The molecule has 2 N–H and O–H groups in total. The zero-order valence-corrected chi connectivity index (χ0v) is 9.75. The third-order valence-electron chi connectivity index (χ3n) is 2.66. The monoisotopic (exact) mass is 247 g/mol. The molecule has 0 heterocycles. The summed E-state index contributed by atoms with van der Waals surface area (Å²) in [6, 6.07) is 8.86. The van der Waals surface area contributed by atoms with E-state index in [0.29, 0.717) is 0 Å². The van der Waals surface area contributed by atoms with Crippen LogP contribution in [0.3, 0.4) is 0 Å². The summed E-state index contributed by atoms with van der Waals surface area (Å²) in [6.07, 6.45) is -4.63. The van der Waals surface area contributed by atoms with E-state index in [1.165, 1.54) is 0 Å². The van der Waals surface area contributed by atoms with Crippen LogP contribution in [0.25, 0.3) is 0 Å². The zero-order valence-electron chi connectivity index (χ0n) is 9.75. The number of rotatable bonds is 4. The maximum absolute atomic E-state index is 12.4. The molecule has 0 aliphatic heterocycles. The van der Waals surface area contributed by atoms with Crippen LogP contribution < -0.4 is 5.32 Å². The number of nitrogens with one attached hydrogen (secondary N) is 1. The highest BCUT2D eigenvalue weighted by Crippen LogP contribution is 2.29. The highest BCUT2D eigenvalue weighted by atomic mass is 19.4. The second-order valence-electron chi connectivity index (χ2n) is 4.28. The lowest BCUT2D eigenvalue weighted by Crippen LogP contribution is -2.50. The zero-order chi connectivity index (χ0) is 13.1. The summed E-state index contributed by atoms with van der Waals surface area (Å²) in [5, 5.41) is 11.9. The SMILES string of the molecule is C[C@H](NC[C@](C)(O)C(F)(F)F)c1ccccc1. The molecule has 2 nitrogen and oxygen atoms in total. The van der Waals surface area contributed by atoms with Gasteiger partial charge >= 0.3 is 6.18 Å². The second kappa shape index (κ2) is 5.06. The summed E-state index contributed by atoms with van der Waals surface area (Å²) in [5.74, 6) is 0. The first-order valence-corrected chi connectivity index (χ1v) is 5.31. The lowest BCUT2D eigenvalue weighted by molar-refractivity contribution is -0.250. The average molecular weight is 247 g/mol. The summed E-state index contributed by atoms with van der Waals surface area (Å²) in [7, 11) is 0. The molecule has 0 aromatic heterocycles. The molecule has 1 rings (SSSR count). The number of halogens is 3. The van der Waals surface area contributed by atoms with Gasteiger partial charge in [-0.05, 0) is 19.4 Å². The van der Waals surface area contributed by atoms with E-state index in [9.17, 15) is 18.3 Å². The van der Waals surface area contributed by atoms with E-state index in [1.807, 2.05) is 30.3 Å². The van der Waals surface area contributed by atoms with Crippen molar-refractivity contribution in [1.82, 2.24) is 5.32 Å². The Balaban J connectivity index is 2.58. The molecule has 0 fully saturated rings. The van der Waals surface area contributed by atoms with Gasteiger partial charge in [0.1, 0.15) is 0 Å². The molecule has 0 saturated heterocycles. The molecule has 0 aliphatic rings. The van der Waals surface area contributed by atoms with Crippen molar-refractivity contribution in [3.8, 4) is 0 Å². The number of benzene rings is 1. The van der Waals surface area contributed by atoms with E-state index < -0.39 is 18.3 Å². The Hall–Kier alpha value is -1.07. The standard InChI is InChI=1S/C12H16F3NO/c1-9(10-6-4-3-5-7-10)16-8-11(2,17)12(13,14)15/h3-7,9,16-17H,8H2,1-2H3/t9-,11-/m0/s1. The molecule has 0 amide bonds. The van der Waals surface area contributed by atoms with Crippen LogP contribution in [-0.4, -0.2) is 23.4 Å². The van der Waals surface area contributed by atoms with E-state index >= 15 is 0 Å². The van der Waals surface area contributed by atoms with Crippen LogP contribution >= 0.6 is 0 Å². The Labute approximate surface area is 98.5 Å². The predicted octanol–water partition coefficient (Wildman–Crippen LogP) is 2.65. The fraction of sp³-hybridized carbons (Fsp3) is 0.500. The molecule has 0 aliphatic carbocycles. The number of aliphatic hydroxyl groups is 1. The van der Waals surface area contributed by atoms with Gasteiger partial charge in [-0.1, -0.05) is 30.3 Å². The van der Waals surface area contributed by atoms with Gasteiger partial charge in [-0.2, -0.15) is 13.2 Å². The van der Waals surface area contributed by atoms with E-state index in [2.05, 4.69) is 5.32 Å². The van der Waals surface area contributed by atoms with Gasteiger partial charge in [0.15, 0.2) is 5.60 Å². The second-order valence-corrected chi connectivity index (χ2v) is 4.28. The van der Waals surface area contributed by atoms with Gasteiger partial charge in [-0.3, -0.25) is 0 Å². The van der Waals surface area contributed by atoms with Crippen LogP contribution in [-0.2, 0) is 0 Å². The Bertz CT molecular complexity index is 349. The van der Waals surface area contributed by atoms with Gasteiger partial charge < -0.3 is 10.4 Å². The van der Waals surface area contributed by atoms with Crippen LogP contribution in [0.4, 0.5) is 13.2 Å². The lowest BCUT2D eigenvalue weighted by Gasteiger charge is -2.28. The van der Waals surface area contributed by atoms with Crippen molar-refractivity contribution >= 4 is 0 Å². The van der Waals surface area contributed by atoms with Gasteiger partial charge in [0, 0.05) is 12.6 Å². The van der Waals surface area contributed by atoms with Crippen molar-refractivity contribution in [1.29, 1.82) is 0 Å². The summed E-state index contributed by atoms with van der Waals surface area (Å²) >= 11 is 0. The van der Waals surface area contributed by atoms with Gasteiger partial charge in [0.2, 0.25) is 0 Å². The minimum Gasteiger partial charge on any atom is -0.380 e. The van der Waals surface area contributed by atoms with Crippen LogP contribution in [0.5, 0.6) is 0 Å². The molecule has 1 aromatic rings. The highest BCUT2D eigenvalue weighted by molar-refractivity contribution is 5.18. The molecule has 0 saturated carbocycles. The molecule has 0 radical (unpaired) electrons. The van der Waals surface area contributed by atoms with Crippen molar-refractivity contribution in [2.45, 2.75) is 31.7 Å². The number of hydrogen-bond donors (Lipinski definition) is 2. The first kappa shape index (κ1) is 14.0. The summed E-state index contributed by atoms with van der Waals surface area (Å²) in [4.78, 5) is 0.